The van der Waals surface area contributed by atoms with Gasteiger partial charge in [-0.2, -0.15) is 0 Å². The highest BCUT2D eigenvalue weighted by atomic mass is 16.3. The summed E-state index contributed by atoms with van der Waals surface area (Å²) in [5.74, 6) is 3.10. The molecule has 0 aliphatic heterocycles. The molecule has 0 radical (unpaired) electrons. The van der Waals surface area contributed by atoms with Crippen LogP contribution < -0.4 is 0 Å². The van der Waals surface area contributed by atoms with Gasteiger partial charge in [0.15, 0.2) is 5.78 Å². The van der Waals surface area contributed by atoms with E-state index in [-0.39, 0.29) is 16.6 Å². The summed E-state index contributed by atoms with van der Waals surface area (Å²) in [5.41, 5.74) is 2.31. The van der Waals surface area contributed by atoms with Gasteiger partial charge in [0.1, 0.15) is 0 Å². The molecule has 30 heavy (non-hydrogen) atoms. The summed E-state index contributed by atoms with van der Waals surface area (Å²) in [6.45, 7) is 15.6. The number of hydrogen-bond donors (Lipinski definition) is 1. The predicted octanol–water partition coefficient (Wildman–Crippen LogP) is 6.65. The SMILES string of the molecule is C=C(CC[C@](C)(O)[C@H]1CC[C@H]2[C@@H]3CCC4=CC(=O)C=C[C@]4(C)[C@H]3CC[C@@]21C)C(C)C. The van der Waals surface area contributed by atoms with Crippen molar-refractivity contribution < 1.29 is 9.90 Å². The summed E-state index contributed by atoms with van der Waals surface area (Å²) in [6, 6.07) is 0. The lowest BCUT2D eigenvalue weighted by atomic mass is 9.47. The Morgan fingerprint density at radius 2 is 1.97 bits per heavy atom. The molecular formula is C28H42O2. The number of ketones is 1. The highest BCUT2D eigenvalue weighted by Crippen LogP contribution is 2.67. The van der Waals surface area contributed by atoms with Gasteiger partial charge < -0.3 is 5.11 Å². The van der Waals surface area contributed by atoms with Crippen LogP contribution in [-0.4, -0.2) is 16.5 Å². The lowest BCUT2D eigenvalue weighted by Crippen LogP contribution is -2.52. The minimum atomic E-state index is -0.616. The van der Waals surface area contributed by atoms with Gasteiger partial charge >= 0.3 is 0 Å². The first kappa shape index (κ1) is 22.1. The Balaban J connectivity index is 1.54. The van der Waals surface area contributed by atoms with Gasteiger partial charge in [-0.3, -0.25) is 4.79 Å². The summed E-state index contributed by atoms with van der Waals surface area (Å²) in [5, 5.41) is 11.6. The molecule has 0 aromatic carbocycles. The third kappa shape index (κ3) is 3.38. The summed E-state index contributed by atoms with van der Waals surface area (Å²) >= 11 is 0. The van der Waals surface area contributed by atoms with E-state index in [1.165, 1.54) is 36.8 Å². The van der Waals surface area contributed by atoms with Crippen LogP contribution in [0, 0.1) is 40.4 Å². The molecule has 2 heteroatoms. The van der Waals surface area contributed by atoms with Crippen LogP contribution in [0.15, 0.2) is 36.0 Å². The fourth-order valence-corrected chi connectivity index (χ4v) is 8.10. The van der Waals surface area contributed by atoms with Crippen molar-refractivity contribution in [2.45, 2.75) is 91.6 Å². The van der Waals surface area contributed by atoms with Gasteiger partial charge in [-0.15, -0.1) is 0 Å². The molecule has 0 aromatic rings. The zero-order valence-electron chi connectivity index (χ0n) is 19.8. The summed E-state index contributed by atoms with van der Waals surface area (Å²) in [6.07, 6.45) is 14.8. The van der Waals surface area contributed by atoms with E-state index >= 15 is 0 Å². The molecule has 3 saturated carbocycles. The van der Waals surface area contributed by atoms with Gasteiger partial charge in [0.05, 0.1) is 5.60 Å². The first-order valence-electron chi connectivity index (χ1n) is 12.3. The number of carbonyl (C=O) groups excluding carboxylic acids is 1. The molecular weight excluding hydrogens is 368 g/mol. The molecule has 0 amide bonds. The van der Waals surface area contributed by atoms with Crippen molar-refractivity contribution in [2.75, 3.05) is 0 Å². The van der Waals surface area contributed by atoms with E-state index < -0.39 is 5.60 Å². The molecule has 1 N–H and O–H groups in total. The zero-order valence-corrected chi connectivity index (χ0v) is 19.8. The second-order valence-electron chi connectivity index (χ2n) is 11.9. The van der Waals surface area contributed by atoms with E-state index in [1.54, 1.807) is 0 Å². The first-order valence-corrected chi connectivity index (χ1v) is 12.3. The Bertz CT molecular complexity index is 784. The van der Waals surface area contributed by atoms with E-state index in [9.17, 15) is 9.90 Å². The third-order valence-electron chi connectivity index (χ3n) is 10.1. The Labute approximate surface area is 183 Å². The van der Waals surface area contributed by atoms with Gasteiger partial charge in [0.25, 0.3) is 0 Å². The smallest absolute Gasteiger partial charge is 0.178 e. The number of fused-ring (bicyclic) bond motifs is 5. The molecule has 0 aromatic heterocycles. The van der Waals surface area contributed by atoms with E-state index in [2.05, 4.69) is 47.3 Å². The molecule has 7 atom stereocenters. The third-order valence-corrected chi connectivity index (χ3v) is 10.1. The topological polar surface area (TPSA) is 37.3 Å². The van der Waals surface area contributed by atoms with Crippen molar-refractivity contribution in [2.24, 2.45) is 40.4 Å². The Kier molecular flexibility index (Phi) is 5.49. The molecule has 0 unspecified atom stereocenters. The van der Waals surface area contributed by atoms with E-state index in [4.69, 9.17) is 0 Å². The molecule has 2 nitrogen and oxygen atoms in total. The van der Waals surface area contributed by atoms with Crippen LogP contribution in [0.2, 0.25) is 0 Å². The van der Waals surface area contributed by atoms with Crippen molar-refractivity contribution in [1.82, 2.24) is 0 Å². The highest BCUT2D eigenvalue weighted by Gasteiger charge is 2.61. The molecule has 4 rings (SSSR count). The Morgan fingerprint density at radius 3 is 2.67 bits per heavy atom. The fraction of sp³-hybridized carbons (Fsp3) is 0.750. The summed E-state index contributed by atoms with van der Waals surface area (Å²) in [7, 11) is 0. The molecule has 4 aliphatic rings. The van der Waals surface area contributed by atoms with Crippen molar-refractivity contribution in [3.05, 3.63) is 36.0 Å². The van der Waals surface area contributed by atoms with Crippen molar-refractivity contribution in [3.8, 4) is 0 Å². The van der Waals surface area contributed by atoms with Crippen LogP contribution in [0.4, 0.5) is 0 Å². The van der Waals surface area contributed by atoms with E-state index in [0.29, 0.717) is 23.7 Å². The molecule has 0 saturated heterocycles. The number of aliphatic hydroxyl groups is 1. The average Bonchev–Trinajstić information content (AvgIpc) is 3.04. The molecule has 0 spiro atoms. The van der Waals surface area contributed by atoms with Crippen LogP contribution in [0.1, 0.15) is 86.0 Å². The lowest BCUT2D eigenvalue weighted by molar-refractivity contribution is -0.112. The fourth-order valence-electron chi connectivity index (χ4n) is 8.10. The number of carbonyl (C=O) groups is 1. The van der Waals surface area contributed by atoms with Crippen molar-refractivity contribution in [3.63, 3.8) is 0 Å². The van der Waals surface area contributed by atoms with Gasteiger partial charge in [-0.1, -0.05) is 51.5 Å². The quantitative estimate of drug-likeness (QED) is 0.515. The van der Waals surface area contributed by atoms with Crippen LogP contribution in [0.25, 0.3) is 0 Å². The Hall–Kier alpha value is -1.15. The second-order valence-corrected chi connectivity index (χ2v) is 11.9. The summed E-state index contributed by atoms with van der Waals surface area (Å²) in [4.78, 5) is 12.0. The van der Waals surface area contributed by atoms with Crippen LogP contribution >= 0.6 is 0 Å². The minimum Gasteiger partial charge on any atom is -0.390 e. The van der Waals surface area contributed by atoms with Crippen molar-refractivity contribution in [1.29, 1.82) is 0 Å². The monoisotopic (exact) mass is 410 g/mol. The molecule has 166 valence electrons. The van der Waals surface area contributed by atoms with E-state index in [1.807, 2.05) is 12.2 Å². The average molecular weight is 411 g/mol. The zero-order chi connectivity index (χ0) is 21.9. The maximum atomic E-state index is 12.0. The lowest BCUT2D eigenvalue weighted by Gasteiger charge is -2.58. The van der Waals surface area contributed by atoms with Gasteiger partial charge in [0, 0.05) is 5.41 Å². The largest absolute Gasteiger partial charge is 0.390 e. The number of rotatable bonds is 5. The van der Waals surface area contributed by atoms with Gasteiger partial charge in [-0.25, -0.2) is 0 Å². The molecule has 0 heterocycles. The van der Waals surface area contributed by atoms with Crippen LogP contribution in [-0.2, 0) is 4.79 Å². The summed E-state index contributed by atoms with van der Waals surface area (Å²) < 4.78 is 0. The van der Waals surface area contributed by atoms with Crippen molar-refractivity contribution >= 4 is 5.78 Å². The maximum absolute atomic E-state index is 12.0. The molecule has 0 bridgehead atoms. The predicted molar refractivity (Wildman–Crippen MR) is 124 cm³/mol. The van der Waals surface area contributed by atoms with Crippen LogP contribution in [0.5, 0.6) is 0 Å². The van der Waals surface area contributed by atoms with Gasteiger partial charge in [0.2, 0.25) is 0 Å². The minimum absolute atomic E-state index is 0.0633. The standard InChI is InChI=1S/C28H42O2/c1-18(2)19(3)11-16-28(6,30)25-10-9-23-22-8-7-20-17-21(29)12-14-26(20,4)24(22)13-15-27(23,25)5/h12,14,17-18,22-25,30H,3,7-11,13,15-16H2,1-2,4-6H3/t22-,23-,24-,25-,26-,27-,28-/m0/s1. The highest BCUT2D eigenvalue weighted by molar-refractivity contribution is 6.01. The Morgan fingerprint density at radius 1 is 1.23 bits per heavy atom. The van der Waals surface area contributed by atoms with Crippen LogP contribution in [0.3, 0.4) is 0 Å². The van der Waals surface area contributed by atoms with Gasteiger partial charge in [-0.05, 0) is 105 Å². The maximum Gasteiger partial charge on any atom is 0.178 e. The normalized spacial score (nSPS) is 42.2. The number of allylic oxidation sites excluding steroid dienone is 5. The van der Waals surface area contributed by atoms with E-state index in [0.717, 1.165) is 31.6 Å². The molecule has 4 aliphatic carbocycles. The number of hydrogen-bond acceptors (Lipinski definition) is 2. The molecule has 3 fully saturated rings. The first-order chi connectivity index (χ1) is 14.0. The second kappa shape index (κ2) is 7.47.